The monoisotopic (exact) mass is 450 g/mol. The Kier molecular flexibility index (Phi) is 6.12. The van der Waals surface area contributed by atoms with Gasteiger partial charge in [-0.2, -0.15) is 0 Å². The van der Waals surface area contributed by atoms with Crippen molar-refractivity contribution >= 4 is 38.9 Å². The van der Waals surface area contributed by atoms with Crippen LogP contribution in [0.15, 0.2) is 16.9 Å². The molecule has 2 aromatic heterocycles. The number of hydrogen-bond acceptors (Lipinski definition) is 5. The summed E-state index contributed by atoms with van der Waals surface area (Å²) in [7, 11) is 1.36. The van der Waals surface area contributed by atoms with Gasteiger partial charge in [-0.3, -0.25) is 4.79 Å². The van der Waals surface area contributed by atoms with Crippen LogP contribution in [-0.2, 0) is 20.8 Å². The third kappa shape index (κ3) is 4.40. The molecule has 0 spiro atoms. The highest BCUT2D eigenvalue weighted by Gasteiger charge is 2.27. The van der Waals surface area contributed by atoms with E-state index in [4.69, 9.17) is 9.47 Å². The lowest BCUT2D eigenvalue weighted by Gasteiger charge is -2.22. The fourth-order valence-corrected chi connectivity index (χ4v) is 4.71. The van der Waals surface area contributed by atoms with Gasteiger partial charge < -0.3 is 14.0 Å². The van der Waals surface area contributed by atoms with Gasteiger partial charge in [-0.25, -0.2) is 9.78 Å². The third-order valence-electron chi connectivity index (χ3n) is 5.01. The molecule has 0 bridgehead atoms. The van der Waals surface area contributed by atoms with E-state index in [9.17, 15) is 9.59 Å². The van der Waals surface area contributed by atoms with Crippen LogP contribution in [0.4, 0.5) is 0 Å². The first-order valence-corrected chi connectivity index (χ1v) is 10.5. The molecular weight excluding hydrogens is 424 g/mol. The van der Waals surface area contributed by atoms with Gasteiger partial charge in [-0.1, -0.05) is 19.3 Å². The summed E-state index contributed by atoms with van der Waals surface area (Å²) in [4.78, 5) is 29.0. The third-order valence-corrected chi connectivity index (χ3v) is 5.87. The van der Waals surface area contributed by atoms with Crippen LogP contribution >= 0.6 is 15.9 Å². The minimum atomic E-state index is -0.551. The quantitative estimate of drug-likeness (QED) is 0.614. The summed E-state index contributed by atoms with van der Waals surface area (Å²) in [6, 6.07) is 1.83. The number of rotatable bonds is 4. The largest absolute Gasteiger partial charge is 0.465 e. The first kappa shape index (κ1) is 20.8. The zero-order valence-electron chi connectivity index (χ0n) is 16.9. The topological polar surface area (TPSA) is 70.4 Å². The first-order valence-electron chi connectivity index (χ1n) is 9.69. The number of methoxy groups -OCH3 is 1. The molecule has 7 heteroatoms. The Morgan fingerprint density at radius 2 is 1.93 bits per heavy atom. The van der Waals surface area contributed by atoms with Crippen LogP contribution in [0.3, 0.4) is 0 Å². The molecule has 152 valence electrons. The molecule has 0 saturated heterocycles. The number of esters is 2. The number of pyridine rings is 1. The molecule has 1 saturated carbocycles. The molecule has 2 heterocycles. The Hall–Kier alpha value is -1.89. The molecule has 2 aromatic rings. The van der Waals surface area contributed by atoms with E-state index >= 15 is 0 Å². The summed E-state index contributed by atoms with van der Waals surface area (Å²) < 4.78 is 13.0. The van der Waals surface area contributed by atoms with Crippen molar-refractivity contribution in [3.8, 4) is 0 Å². The SMILES string of the molecule is COC(=O)c1cnc2c(c1)c(C1CCCCC1)c(Br)n2CC(=O)OC(C)(C)C. The molecule has 0 unspecified atom stereocenters. The van der Waals surface area contributed by atoms with Crippen molar-refractivity contribution in [3.63, 3.8) is 0 Å². The number of carbonyl (C=O) groups excluding carboxylic acids is 2. The van der Waals surface area contributed by atoms with Gasteiger partial charge in [0.15, 0.2) is 0 Å². The van der Waals surface area contributed by atoms with Crippen molar-refractivity contribution in [2.45, 2.75) is 70.9 Å². The van der Waals surface area contributed by atoms with Crippen LogP contribution in [-0.4, -0.2) is 34.2 Å². The smallest absolute Gasteiger partial charge is 0.339 e. The number of halogens is 1. The highest BCUT2D eigenvalue weighted by molar-refractivity contribution is 9.10. The molecule has 0 amide bonds. The van der Waals surface area contributed by atoms with Crippen LogP contribution in [0.25, 0.3) is 11.0 Å². The van der Waals surface area contributed by atoms with Crippen LogP contribution < -0.4 is 0 Å². The standard InChI is InChI=1S/C21H27BrN2O4/c1-21(2,3)28-16(25)12-24-18(22)17(13-8-6-5-7-9-13)15-10-14(20(26)27-4)11-23-19(15)24/h10-11,13H,5-9,12H2,1-4H3. The van der Waals surface area contributed by atoms with E-state index in [2.05, 4.69) is 20.9 Å². The minimum absolute atomic E-state index is 0.0612. The molecule has 0 aromatic carbocycles. The van der Waals surface area contributed by atoms with Gasteiger partial charge in [0, 0.05) is 11.6 Å². The van der Waals surface area contributed by atoms with E-state index in [0.717, 1.165) is 28.4 Å². The van der Waals surface area contributed by atoms with Crippen molar-refractivity contribution in [2.75, 3.05) is 7.11 Å². The van der Waals surface area contributed by atoms with E-state index < -0.39 is 11.6 Å². The second kappa shape index (κ2) is 8.23. The molecule has 1 aliphatic rings. The van der Waals surface area contributed by atoms with Gasteiger partial charge in [0.05, 0.1) is 17.3 Å². The van der Waals surface area contributed by atoms with E-state index in [1.807, 2.05) is 31.4 Å². The normalized spacial score (nSPS) is 15.6. The average Bonchev–Trinajstić information content (AvgIpc) is 2.91. The summed E-state index contributed by atoms with van der Waals surface area (Å²) in [6.07, 6.45) is 7.28. The molecule has 0 aliphatic heterocycles. The van der Waals surface area contributed by atoms with Crippen LogP contribution in [0.2, 0.25) is 0 Å². The fourth-order valence-electron chi connectivity index (χ4n) is 3.88. The zero-order chi connectivity index (χ0) is 20.5. The van der Waals surface area contributed by atoms with E-state index in [1.54, 1.807) is 0 Å². The Labute approximate surface area is 173 Å². The first-order chi connectivity index (χ1) is 13.2. The summed E-state index contributed by atoms with van der Waals surface area (Å²) in [5.41, 5.74) is 1.65. The molecule has 0 N–H and O–H groups in total. The summed E-state index contributed by atoms with van der Waals surface area (Å²) in [5, 5.41) is 0.894. The fraction of sp³-hybridized carbons (Fsp3) is 0.571. The molecule has 1 fully saturated rings. The number of aromatic nitrogens is 2. The molecular formula is C21H27BrN2O4. The number of carbonyl (C=O) groups is 2. The van der Waals surface area contributed by atoms with Gasteiger partial charge >= 0.3 is 11.9 Å². The van der Waals surface area contributed by atoms with Gasteiger partial charge in [0.1, 0.15) is 17.8 Å². The second-order valence-electron chi connectivity index (χ2n) is 8.30. The summed E-state index contributed by atoms with van der Waals surface area (Å²) in [5.74, 6) is -0.362. The number of nitrogens with zero attached hydrogens (tertiary/aromatic N) is 2. The highest BCUT2D eigenvalue weighted by atomic mass is 79.9. The van der Waals surface area contributed by atoms with Crippen molar-refractivity contribution < 1.29 is 19.1 Å². The van der Waals surface area contributed by atoms with Gasteiger partial charge in [0.25, 0.3) is 0 Å². The molecule has 0 atom stereocenters. The lowest BCUT2D eigenvalue weighted by molar-refractivity contribution is -0.155. The van der Waals surface area contributed by atoms with E-state index in [1.165, 1.54) is 32.6 Å². The van der Waals surface area contributed by atoms with Gasteiger partial charge in [-0.05, 0) is 67.1 Å². The second-order valence-corrected chi connectivity index (χ2v) is 9.05. The predicted octanol–water partition coefficient (Wildman–Crippen LogP) is 4.97. The average molecular weight is 451 g/mol. The van der Waals surface area contributed by atoms with Gasteiger partial charge in [0.2, 0.25) is 0 Å². The maximum atomic E-state index is 12.5. The van der Waals surface area contributed by atoms with Crippen molar-refractivity contribution in [1.29, 1.82) is 0 Å². The number of hydrogen-bond donors (Lipinski definition) is 0. The van der Waals surface area contributed by atoms with Crippen LogP contribution in [0.1, 0.15) is 74.7 Å². The summed E-state index contributed by atoms with van der Waals surface area (Å²) >= 11 is 3.72. The Morgan fingerprint density at radius 3 is 2.54 bits per heavy atom. The number of fused-ring (bicyclic) bond motifs is 1. The maximum absolute atomic E-state index is 12.5. The lowest BCUT2D eigenvalue weighted by Crippen LogP contribution is -2.26. The van der Waals surface area contributed by atoms with E-state index in [-0.39, 0.29) is 12.5 Å². The van der Waals surface area contributed by atoms with Crippen LogP contribution in [0.5, 0.6) is 0 Å². The van der Waals surface area contributed by atoms with E-state index in [0.29, 0.717) is 17.1 Å². The van der Waals surface area contributed by atoms with Crippen molar-refractivity contribution in [1.82, 2.24) is 9.55 Å². The summed E-state index contributed by atoms with van der Waals surface area (Å²) in [6.45, 7) is 5.61. The maximum Gasteiger partial charge on any atom is 0.339 e. The Bertz CT molecular complexity index is 892. The Morgan fingerprint density at radius 1 is 1.25 bits per heavy atom. The Balaban J connectivity index is 2.09. The lowest BCUT2D eigenvalue weighted by atomic mass is 9.84. The highest BCUT2D eigenvalue weighted by Crippen LogP contribution is 2.42. The van der Waals surface area contributed by atoms with Crippen LogP contribution in [0, 0.1) is 0 Å². The van der Waals surface area contributed by atoms with Crippen molar-refractivity contribution in [2.24, 2.45) is 0 Å². The minimum Gasteiger partial charge on any atom is -0.465 e. The zero-order valence-corrected chi connectivity index (χ0v) is 18.5. The van der Waals surface area contributed by atoms with Crippen molar-refractivity contribution in [3.05, 3.63) is 28.0 Å². The predicted molar refractivity (Wildman–Crippen MR) is 110 cm³/mol. The molecule has 28 heavy (non-hydrogen) atoms. The number of ether oxygens (including phenoxy) is 2. The molecule has 6 nitrogen and oxygen atoms in total. The van der Waals surface area contributed by atoms with Gasteiger partial charge in [-0.15, -0.1) is 0 Å². The molecule has 1 aliphatic carbocycles. The molecule has 0 radical (unpaired) electrons. The molecule has 3 rings (SSSR count).